The lowest BCUT2D eigenvalue weighted by atomic mass is 10.1. The first-order valence-electron chi connectivity index (χ1n) is 6.92. The highest BCUT2D eigenvalue weighted by Gasteiger charge is 2.25. The highest BCUT2D eigenvalue weighted by molar-refractivity contribution is 5.69. The Labute approximate surface area is 130 Å². The second-order valence-corrected chi connectivity index (χ2v) is 5.63. The molecule has 4 heteroatoms. The van der Waals surface area contributed by atoms with Gasteiger partial charge in [0, 0.05) is 12.8 Å². The van der Waals surface area contributed by atoms with Gasteiger partial charge in [-0.15, -0.1) is 0 Å². The van der Waals surface area contributed by atoms with Crippen molar-refractivity contribution in [1.29, 1.82) is 0 Å². The third kappa shape index (κ3) is 10.1. The lowest BCUT2D eigenvalue weighted by Crippen LogP contribution is -3.00. The average molecular weight is 371 g/mol. The van der Waals surface area contributed by atoms with Crippen molar-refractivity contribution < 1.29 is 38.0 Å². The minimum atomic E-state index is -0.0404. The summed E-state index contributed by atoms with van der Waals surface area (Å²) in [6.45, 7) is 4.25. The second kappa shape index (κ2) is 11.0. The van der Waals surface area contributed by atoms with Gasteiger partial charge in [0.05, 0.1) is 21.1 Å². The second-order valence-electron chi connectivity index (χ2n) is 5.63. The van der Waals surface area contributed by atoms with E-state index in [9.17, 15) is 4.79 Å². The average Bonchev–Trinajstić information content (AvgIpc) is 2.24. The van der Waals surface area contributed by atoms with Gasteiger partial charge >= 0.3 is 5.97 Å². The molecular weight excluding hydrogens is 341 g/mol. The third-order valence-electron chi connectivity index (χ3n) is 2.97. The van der Waals surface area contributed by atoms with Crippen molar-refractivity contribution in [3.8, 4) is 0 Å². The van der Waals surface area contributed by atoms with E-state index in [-0.39, 0.29) is 36.2 Å². The molecule has 0 aromatic rings. The molecule has 3 nitrogen and oxygen atoms in total. The molecule has 0 spiro atoms. The van der Waals surface area contributed by atoms with Crippen LogP contribution < -0.4 is 24.0 Å². The number of unbranched alkanes of at least 4 members (excludes halogenated alkanes) is 4. The predicted octanol–water partition coefficient (Wildman–Crippen LogP) is 0.336. The number of rotatable bonds is 9. The summed E-state index contributed by atoms with van der Waals surface area (Å²) in [6.07, 6.45) is 7.27. The van der Waals surface area contributed by atoms with Gasteiger partial charge in [-0.3, -0.25) is 9.28 Å². The monoisotopic (exact) mass is 371 g/mol. The molecule has 0 heterocycles. The fourth-order valence-electron chi connectivity index (χ4n) is 1.87. The van der Waals surface area contributed by atoms with Crippen LogP contribution in [-0.4, -0.2) is 37.8 Å². The molecule has 0 aliphatic carbocycles. The van der Waals surface area contributed by atoms with Gasteiger partial charge in [0.2, 0.25) is 6.23 Å². The first-order chi connectivity index (χ1) is 7.91. The molecule has 0 N–H and O–H groups in total. The molecule has 1 atom stereocenters. The van der Waals surface area contributed by atoms with Gasteiger partial charge < -0.3 is 28.7 Å². The standard InChI is InChI=1S/C14H30NO2.HI/c1-6-8-9-10-11-12-14(16)17-13(7-2)15(3,4)5;/h13H,6-12H2,1-5H3;1H/q+1;/p-1. The molecular formula is C14H30INO2. The Morgan fingerprint density at radius 3 is 2.06 bits per heavy atom. The number of hydrogen-bond donors (Lipinski definition) is 0. The predicted molar refractivity (Wildman–Crippen MR) is 71.6 cm³/mol. The first-order valence-corrected chi connectivity index (χ1v) is 6.92. The van der Waals surface area contributed by atoms with E-state index in [4.69, 9.17) is 4.74 Å². The summed E-state index contributed by atoms with van der Waals surface area (Å²) in [7, 11) is 6.17. The molecule has 0 fully saturated rings. The van der Waals surface area contributed by atoms with E-state index in [2.05, 4.69) is 35.0 Å². The summed E-state index contributed by atoms with van der Waals surface area (Å²) in [5, 5.41) is 0. The molecule has 110 valence electrons. The van der Waals surface area contributed by atoms with Gasteiger partial charge in [-0.2, -0.15) is 0 Å². The Balaban J connectivity index is 0. The number of ether oxygens (including phenoxy) is 1. The summed E-state index contributed by atoms with van der Waals surface area (Å²) in [5.41, 5.74) is 0. The highest BCUT2D eigenvalue weighted by atomic mass is 127. The minimum Gasteiger partial charge on any atom is -1.00 e. The van der Waals surface area contributed by atoms with Crippen LogP contribution in [0.4, 0.5) is 0 Å². The van der Waals surface area contributed by atoms with E-state index in [0.29, 0.717) is 10.9 Å². The largest absolute Gasteiger partial charge is 1.00 e. The molecule has 1 unspecified atom stereocenters. The smallest absolute Gasteiger partial charge is 0.310 e. The van der Waals surface area contributed by atoms with Crippen molar-refractivity contribution >= 4 is 5.97 Å². The number of quaternary nitrogens is 1. The van der Waals surface area contributed by atoms with Gasteiger partial charge in [0.1, 0.15) is 0 Å². The van der Waals surface area contributed by atoms with Gasteiger partial charge in [-0.05, 0) is 6.42 Å². The van der Waals surface area contributed by atoms with Crippen LogP contribution in [0.2, 0.25) is 0 Å². The Kier molecular flexibility index (Phi) is 12.5. The van der Waals surface area contributed by atoms with E-state index in [1.807, 2.05) is 0 Å². The van der Waals surface area contributed by atoms with Crippen LogP contribution in [-0.2, 0) is 9.53 Å². The summed E-state index contributed by atoms with van der Waals surface area (Å²) in [5.74, 6) is -0.0404. The molecule has 0 aromatic heterocycles. The number of halogens is 1. The van der Waals surface area contributed by atoms with E-state index in [1.165, 1.54) is 19.3 Å². The number of nitrogens with zero attached hydrogens (tertiary/aromatic N) is 1. The van der Waals surface area contributed by atoms with Crippen molar-refractivity contribution in [2.45, 2.75) is 65.0 Å². The topological polar surface area (TPSA) is 26.3 Å². The number of carbonyl (C=O) groups is 1. The molecule has 0 rings (SSSR count). The maximum absolute atomic E-state index is 11.7. The van der Waals surface area contributed by atoms with Crippen molar-refractivity contribution in [3.63, 3.8) is 0 Å². The molecule has 0 radical (unpaired) electrons. The molecule has 0 saturated carbocycles. The Morgan fingerprint density at radius 1 is 1.06 bits per heavy atom. The summed E-state index contributed by atoms with van der Waals surface area (Å²) in [6, 6.07) is 0. The molecule has 0 amide bonds. The van der Waals surface area contributed by atoms with E-state index >= 15 is 0 Å². The minimum absolute atomic E-state index is 0. The lowest BCUT2D eigenvalue weighted by molar-refractivity contribution is -0.917. The van der Waals surface area contributed by atoms with Gasteiger partial charge in [0.15, 0.2) is 0 Å². The molecule has 0 aliphatic rings. The highest BCUT2D eigenvalue weighted by Crippen LogP contribution is 2.12. The molecule has 0 aliphatic heterocycles. The van der Waals surface area contributed by atoms with Gasteiger partial charge in [-0.25, -0.2) is 0 Å². The van der Waals surface area contributed by atoms with Gasteiger partial charge in [-0.1, -0.05) is 39.5 Å². The third-order valence-corrected chi connectivity index (χ3v) is 2.97. The molecule has 18 heavy (non-hydrogen) atoms. The number of carbonyl (C=O) groups excluding carboxylic acids is 1. The van der Waals surface area contributed by atoms with Crippen LogP contribution in [0.15, 0.2) is 0 Å². The summed E-state index contributed by atoms with van der Waals surface area (Å²) < 4.78 is 6.18. The lowest BCUT2D eigenvalue weighted by Gasteiger charge is -2.32. The Bertz CT molecular complexity index is 214. The zero-order valence-electron chi connectivity index (χ0n) is 12.7. The Hall–Kier alpha value is 0.160. The van der Waals surface area contributed by atoms with Crippen molar-refractivity contribution in [1.82, 2.24) is 0 Å². The van der Waals surface area contributed by atoms with Crippen LogP contribution in [0.3, 0.4) is 0 Å². The quantitative estimate of drug-likeness (QED) is 0.192. The summed E-state index contributed by atoms with van der Waals surface area (Å²) >= 11 is 0. The van der Waals surface area contributed by atoms with Crippen molar-refractivity contribution in [2.75, 3.05) is 21.1 Å². The number of hydrogen-bond acceptors (Lipinski definition) is 2. The summed E-state index contributed by atoms with van der Waals surface area (Å²) in [4.78, 5) is 11.7. The Morgan fingerprint density at radius 2 is 1.61 bits per heavy atom. The molecule has 0 aromatic carbocycles. The molecule has 0 bridgehead atoms. The van der Waals surface area contributed by atoms with E-state index < -0.39 is 0 Å². The maximum atomic E-state index is 11.7. The van der Waals surface area contributed by atoms with E-state index in [0.717, 1.165) is 19.3 Å². The van der Waals surface area contributed by atoms with Crippen LogP contribution in [0, 0.1) is 0 Å². The van der Waals surface area contributed by atoms with E-state index in [1.54, 1.807) is 0 Å². The van der Waals surface area contributed by atoms with Crippen molar-refractivity contribution in [3.05, 3.63) is 0 Å². The zero-order valence-corrected chi connectivity index (χ0v) is 14.8. The van der Waals surface area contributed by atoms with Crippen LogP contribution in [0.5, 0.6) is 0 Å². The fourth-order valence-corrected chi connectivity index (χ4v) is 1.87. The van der Waals surface area contributed by atoms with Gasteiger partial charge in [0.25, 0.3) is 0 Å². The normalized spacial score (nSPS) is 12.7. The fraction of sp³-hybridized carbons (Fsp3) is 0.929. The van der Waals surface area contributed by atoms with Crippen LogP contribution in [0.25, 0.3) is 0 Å². The molecule has 0 saturated heterocycles. The first kappa shape index (κ1) is 20.5. The van der Waals surface area contributed by atoms with Crippen molar-refractivity contribution in [2.24, 2.45) is 0 Å². The van der Waals surface area contributed by atoms with Crippen LogP contribution in [0.1, 0.15) is 58.8 Å². The van der Waals surface area contributed by atoms with Crippen LogP contribution >= 0.6 is 0 Å². The SMILES string of the molecule is CCCCCCCC(=O)OC(CC)[N+](C)(C)C.[I-]. The zero-order chi connectivity index (χ0) is 13.3. The number of esters is 1. The maximum Gasteiger partial charge on any atom is 0.310 e.